The number of unbranched alkanes of at least 4 members (excludes halogenated alkanes) is 1. The molecule has 1 amide bonds. The van der Waals surface area contributed by atoms with E-state index in [0.29, 0.717) is 11.6 Å². The molecule has 4 heteroatoms. The number of carbonyl (C=O) groups excluding carboxylic acids is 1. The van der Waals surface area contributed by atoms with Gasteiger partial charge in [-0.2, -0.15) is 0 Å². The summed E-state index contributed by atoms with van der Waals surface area (Å²) in [4.78, 5) is 17.2. The molecular formula is C21H23ClN2O. The normalized spacial score (nSPS) is 19.1. The Morgan fingerprint density at radius 2 is 1.80 bits per heavy atom. The van der Waals surface area contributed by atoms with Crippen molar-refractivity contribution in [3.63, 3.8) is 0 Å². The molecular weight excluding hydrogens is 332 g/mol. The smallest absolute Gasteiger partial charge is 0.245 e. The Morgan fingerprint density at radius 3 is 2.44 bits per heavy atom. The van der Waals surface area contributed by atoms with Crippen molar-refractivity contribution in [3.05, 3.63) is 70.2 Å². The fraction of sp³-hybridized carbons (Fsp3) is 0.333. The van der Waals surface area contributed by atoms with Gasteiger partial charge in [0.1, 0.15) is 6.04 Å². The number of rotatable bonds is 6. The molecule has 0 fully saturated rings. The molecule has 2 aromatic carbocycles. The van der Waals surface area contributed by atoms with Crippen molar-refractivity contribution < 1.29 is 4.79 Å². The molecule has 130 valence electrons. The second-order valence-electron chi connectivity index (χ2n) is 6.50. The summed E-state index contributed by atoms with van der Waals surface area (Å²) < 4.78 is 0. The number of halogens is 1. The number of amides is 1. The first-order valence-corrected chi connectivity index (χ1v) is 9.16. The molecule has 25 heavy (non-hydrogen) atoms. The summed E-state index contributed by atoms with van der Waals surface area (Å²) in [5, 5.41) is 3.70. The summed E-state index contributed by atoms with van der Waals surface area (Å²) in [6.45, 7) is 4.88. The summed E-state index contributed by atoms with van der Waals surface area (Å²) >= 11 is 6.02. The van der Waals surface area contributed by atoms with E-state index in [1.165, 1.54) is 5.56 Å². The molecule has 1 aliphatic rings. The van der Waals surface area contributed by atoms with Crippen LogP contribution < -0.4 is 5.32 Å². The molecule has 0 aromatic heterocycles. The fourth-order valence-corrected chi connectivity index (χ4v) is 3.19. The van der Waals surface area contributed by atoms with Crippen LogP contribution in [0.25, 0.3) is 0 Å². The van der Waals surface area contributed by atoms with E-state index in [-0.39, 0.29) is 17.9 Å². The zero-order chi connectivity index (χ0) is 17.8. The zero-order valence-electron chi connectivity index (χ0n) is 14.6. The van der Waals surface area contributed by atoms with Gasteiger partial charge < -0.3 is 5.32 Å². The van der Waals surface area contributed by atoms with Gasteiger partial charge in [0, 0.05) is 11.6 Å². The number of hydrogen-bond acceptors (Lipinski definition) is 2. The number of nitrogens with zero attached hydrogens (tertiary/aromatic N) is 1. The molecule has 1 heterocycles. The molecule has 0 unspecified atom stereocenters. The Hall–Kier alpha value is -2.13. The molecule has 3 rings (SSSR count). The summed E-state index contributed by atoms with van der Waals surface area (Å²) in [5.41, 5.74) is 4.33. The minimum atomic E-state index is -0.366. The van der Waals surface area contributed by atoms with Crippen LogP contribution >= 0.6 is 11.6 Å². The van der Waals surface area contributed by atoms with Gasteiger partial charge in [-0.15, -0.1) is 0 Å². The lowest BCUT2D eigenvalue weighted by Gasteiger charge is -2.34. The van der Waals surface area contributed by atoms with Crippen LogP contribution in [0.2, 0.25) is 5.02 Å². The Bertz CT molecular complexity index is 765. The maximum absolute atomic E-state index is 12.5. The highest BCUT2D eigenvalue weighted by atomic mass is 35.5. The van der Waals surface area contributed by atoms with E-state index < -0.39 is 0 Å². The number of aryl methyl sites for hydroxylation is 1. The average Bonchev–Trinajstić information content (AvgIpc) is 2.58. The van der Waals surface area contributed by atoms with Crippen LogP contribution in [0.4, 0.5) is 0 Å². The van der Waals surface area contributed by atoms with E-state index in [9.17, 15) is 4.79 Å². The van der Waals surface area contributed by atoms with Crippen LogP contribution in [0.1, 0.15) is 42.4 Å². The molecule has 2 atom stereocenters. The molecule has 0 radical (unpaired) electrons. The number of nitrogens with one attached hydrogen (secondary N) is 1. The molecule has 2 aromatic rings. The van der Waals surface area contributed by atoms with Crippen molar-refractivity contribution >= 4 is 23.2 Å². The fourth-order valence-electron chi connectivity index (χ4n) is 3.06. The molecule has 1 aliphatic heterocycles. The van der Waals surface area contributed by atoms with Crippen LogP contribution in [-0.2, 0) is 4.79 Å². The number of benzene rings is 2. The average molecular weight is 355 g/mol. The highest BCUT2D eigenvalue weighted by Gasteiger charge is 2.41. The Labute approximate surface area is 154 Å². The van der Waals surface area contributed by atoms with Crippen LogP contribution in [0.3, 0.4) is 0 Å². The van der Waals surface area contributed by atoms with Crippen molar-refractivity contribution in [2.24, 2.45) is 4.99 Å². The molecule has 0 aliphatic carbocycles. The minimum absolute atomic E-state index is 0.00395. The standard InChI is InChI=1S/C21H23ClN2O/c1-3-4-13-23-21(25)20-18(15-9-11-17(22)12-10-15)19(24-20)16-7-5-14(2)6-8-16/h5-12,18,20H,3-4,13H2,1-2H3,(H,23,25)/t18-,20-/m0/s1. The van der Waals surface area contributed by atoms with Gasteiger partial charge in [0.25, 0.3) is 0 Å². The van der Waals surface area contributed by atoms with Crippen molar-refractivity contribution in [2.45, 2.75) is 38.6 Å². The molecule has 0 spiro atoms. The molecule has 3 nitrogen and oxygen atoms in total. The van der Waals surface area contributed by atoms with Crippen LogP contribution in [-0.4, -0.2) is 24.2 Å². The van der Waals surface area contributed by atoms with Crippen molar-refractivity contribution in [2.75, 3.05) is 6.54 Å². The van der Waals surface area contributed by atoms with Crippen molar-refractivity contribution in [1.82, 2.24) is 5.32 Å². The summed E-state index contributed by atoms with van der Waals surface area (Å²) in [6, 6.07) is 15.6. The predicted molar refractivity (Wildman–Crippen MR) is 104 cm³/mol. The zero-order valence-corrected chi connectivity index (χ0v) is 15.4. The number of hydrogen-bond donors (Lipinski definition) is 1. The lowest BCUT2D eigenvalue weighted by molar-refractivity contribution is -0.122. The Kier molecular flexibility index (Phi) is 5.54. The first-order chi connectivity index (χ1) is 12.1. The van der Waals surface area contributed by atoms with E-state index >= 15 is 0 Å². The van der Waals surface area contributed by atoms with Gasteiger partial charge >= 0.3 is 0 Å². The third-order valence-corrected chi connectivity index (χ3v) is 4.82. The summed E-state index contributed by atoms with van der Waals surface area (Å²) in [6.07, 6.45) is 2.04. The quantitative estimate of drug-likeness (QED) is 0.761. The highest BCUT2D eigenvalue weighted by molar-refractivity contribution is 6.30. The molecule has 0 saturated heterocycles. The van der Waals surface area contributed by atoms with Crippen molar-refractivity contribution in [3.8, 4) is 0 Å². The third-order valence-electron chi connectivity index (χ3n) is 4.56. The number of carbonyl (C=O) groups is 1. The Balaban J connectivity index is 1.87. The lowest BCUT2D eigenvalue weighted by Crippen LogP contribution is -2.47. The van der Waals surface area contributed by atoms with E-state index in [0.717, 1.165) is 29.7 Å². The van der Waals surface area contributed by atoms with Crippen LogP contribution in [0, 0.1) is 6.92 Å². The van der Waals surface area contributed by atoms with Crippen LogP contribution in [0.15, 0.2) is 53.5 Å². The number of aliphatic imine (C=N–C) groups is 1. The molecule has 1 N–H and O–H groups in total. The lowest BCUT2D eigenvalue weighted by atomic mass is 9.78. The minimum Gasteiger partial charge on any atom is -0.354 e. The van der Waals surface area contributed by atoms with E-state index in [1.54, 1.807) is 0 Å². The first-order valence-electron chi connectivity index (χ1n) is 8.78. The van der Waals surface area contributed by atoms with Crippen molar-refractivity contribution in [1.29, 1.82) is 0 Å². The summed E-state index contributed by atoms with van der Waals surface area (Å²) in [7, 11) is 0. The van der Waals surface area contributed by atoms with Crippen LogP contribution in [0.5, 0.6) is 0 Å². The topological polar surface area (TPSA) is 41.5 Å². The monoisotopic (exact) mass is 354 g/mol. The second-order valence-corrected chi connectivity index (χ2v) is 6.94. The van der Waals surface area contributed by atoms with Gasteiger partial charge in [-0.3, -0.25) is 9.79 Å². The third kappa shape index (κ3) is 3.93. The maximum atomic E-state index is 12.5. The van der Waals surface area contributed by atoms with E-state index in [4.69, 9.17) is 11.6 Å². The molecule has 0 bridgehead atoms. The van der Waals surface area contributed by atoms with E-state index in [2.05, 4.69) is 48.4 Å². The van der Waals surface area contributed by atoms with Gasteiger partial charge in [-0.25, -0.2) is 0 Å². The van der Waals surface area contributed by atoms with Gasteiger partial charge in [0.15, 0.2) is 0 Å². The van der Waals surface area contributed by atoms with Gasteiger partial charge in [-0.1, -0.05) is 66.9 Å². The molecule has 0 saturated carbocycles. The van der Waals surface area contributed by atoms with Gasteiger partial charge in [-0.05, 0) is 36.6 Å². The second kappa shape index (κ2) is 7.83. The van der Waals surface area contributed by atoms with Gasteiger partial charge in [0.05, 0.1) is 11.6 Å². The Morgan fingerprint density at radius 1 is 1.12 bits per heavy atom. The predicted octanol–water partition coefficient (Wildman–Crippen LogP) is 4.52. The van der Waals surface area contributed by atoms with Gasteiger partial charge in [0.2, 0.25) is 5.91 Å². The largest absolute Gasteiger partial charge is 0.354 e. The summed E-state index contributed by atoms with van der Waals surface area (Å²) in [5.74, 6) is -0.0224. The first kappa shape index (κ1) is 17.7. The highest BCUT2D eigenvalue weighted by Crippen LogP contribution is 2.36. The maximum Gasteiger partial charge on any atom is 0.245 e. The SMILES string of the molecule is CCCCNC(=O)[C@H]1N=C(c2ccc(C)cc2)[C@@H]1c1ccc(Cl)cc1. The van der Waals surface area contributed by atoms with E-state index in [1.807, 2.05) is 24.3 Å².